The van der Waals surface area contributed by atoms with Crippen molar-refractivity contribution >= 4 is 22.9 Å². The van der Waals surface area contributed by atoms with Crippen LogP contribution in [0.3, 0.4) is 0 Å². The van der Waals surface area contributed by atoms with E-state index in [1.54, 1.807) is 0 Å². The molecule has 0 bridgehead atoms. The molecule has 1 saturated heterocycles. The summed E-state index contributed by atoms with van der Waals surface area (Å²) in [6.45, 7) is 3.58. The van der Waals surface area contributed by atoms with Crippen molar-refractivity contribution in [2.24, 2.45) is 5.92 Å². The number of aromatic nitrogens is 3. The highest BCUT2D eigenvalue weighted by atomic mass is 35.5. The lowest BCUT2D eigenvalue weighted by atomic mass is 10.1. The first kappa shape index (κ1) is 18.8. The SMILES string of the molecule is Fc1ccc(CN2CCN(c3ccn4c(CC5CC5)nnc4c3Cl)CC2)c(F)c1. The summed E-state index contributed by atoms with van der Waals surface area (Å²) in [7, 11) is 0. The third kappa shape index (κ3) is 3.81. The van der Waals surface area contributed by atoms with E-state index >= 15 is 0 Å². The van der Waals surface area contributed by atoms with Crippen molar-refractivity contribution in [3.8, 4) is 0 Å². The molecule has 3 heterocycles. The third-order valence-corrected chi connectivity index (χ3v) is 6.22. The largest absolute Gasteiger partial charge is 0.368 e. The molecule has 0 radical (unpaired) electrons. The maximum Gasteiger partial charge on any atom is 0.181 e. The number of anilines is 1. The molecular formula is C21H22ClF2N5. The normalized spacial score (nSPS) is 18.0. The van der Waals surface area contributed by atoms with Crippen molar-refractivity contribution in [1.82, 2.24) is 19.5 Å². The second kappa shape index (κ2) is 7.54. The third-order valence-electron chi connectivity index (χ3n) is 5.86. The Bertz CT molecular complexity index is 1040. The van der Waals surface area contributed by atoms with Crippen LogP contribution in [0.5, 0.6) is 0 Å². The number of pyridine rings is 1. The molecular weight excluding hydrogens is 396 g/mol. The summed E-state index contributed by atoms with van der Waals surface area (Å²) in [5, 5.41) is 9.27. The van der Waals surface area contributed by atoms with Crippen molar-refractivity contribution in [2.75, 3.05) is 31.1 Å². The number of piperazine rings is 1. The van der Waals surface area contributed by atoms with Crippen molar-refractivity contribution in [2.45, 2.75) is 25.8 Å². The molecule has 0 atom stereocenters. The number of benzene rings is 1. The number of fused-ring (bicyclic) bond motifs is 1. The van der Waals surface area contributed by atoms with Gasteiger partial charge in [0.2, 0.25) is 0 Å². The Morgan fingerprint density at radius 2 is 1.83 bits per heavy atom. The summed E-state index contributed by atoms with van der Waals surface area (Å²) in [6.07, 6.45) is 5.50. The topological polar surface area (TPSA) is 36.7 Å². The lowest BCUT2D eigenvalue weighted by Gasteiger charge is -2.36. The predicted molar refractivity (Wildman–Crippen MR) is 108 cm³/mol. The average molecular weight is 418 g/mol. The maximum atomic E-state index is 13.9. The lowest BCUT2D eigenvalue weighted by Crippen LogP contribution is -2.46. The van der Waals surface area contributed by atoms with Gasteiger partial charge in [0.25, 0.3) is 0 Å². The number of rotatable bonds is 5. The summed E-state index contributed by atoms with van der Waals surface area (Å²) < 4.78 is 29.0. The van der Waals surface area contributed by atoms with E-state index < -0.39 is 11.6 Å². The Hall–Kier alpha value is -2.25. The number of hydrogen-bond acceptors (Lipinski definition) is 4. The zero-order chi connectivity index (χ0) is 20.0. The van der Waals surface area contributed by atoms with Crippen LogP contribution in [0.2, 0.25) is 5.02 Å². The van der Waals surface area contributed by atoms with Crippen LogP contribution in [-0.2, 0) is 13.0 Å². The summed E-state index contributed by atoms with van der Waals surface area (Å²) in [5.41, 5.74) is 2.18. The van der Waals surface area contributed by atoms with Gasteiger partial charge in [0.05, 0.1) is 5.69 Å². The second-order valence-corrected chi connectivity index (χ2v) is 8.35. The molecule has 5 rings (SSSR count). The van der Waals surface area contributed by atoms with E-state index in [4.69, 9.17) is 11.6 Å². The quantitative estimate of drug-likeness (QED) is 0.630. The molecule has 1 aliphatic carbocycles. The van der Waals surface area contributed by atoms with Crippen molar-refractivity contribution in [3.05, 3.63) is 58.5 Å². The smallest absolute Gasteiger partial charge is 0.181 e. The minimum Gasteiger partial charge on any atom is -0.368 e. The van der Waals surface area contributed by atoms with Crippen LogP contribution in [-0.4, -0.2) is 45.7 Å². The second-order valence-electron chi connectivity index (χ2n) is 7.97. The fourth-order valence-electron chi connectivity index (χ4n) is 3.96. The standard InChI is InChI=1S/C21H22ClF2N5/c22-20-18(5-6-29-19(11-14-1-2-14)25-26-21(20)29)28-9-7-27(8-10-28)13-15-3-4-16(23)12-17(15)24/h3-6,12,14H,1-2,7-11,13H2. The molecule has 2 fully saturated rings. The van der Waals surface area contributed by atoms with Gasteiger partial charge in [-0.3, -0.25) is 9.30 Å². The van der Waals surface area contributed by atoms with Gasteiger partial charge in [-0.15, -0.1) is 10.2 Å². The van der Waals surface area contributed by atoms with E-state index in [0.29, 0.717) is 22.8 Å². The fourth-order valence-corrected chi connectivity index (χ4v) is 4.28. The highest BCUT2D eigenvalue weighted by Crippen LogP contribution is 2.34. The van der Waals surface area contributed by atoms with Crippen LogP contribution in [0, 0.1) is 17.6 Å². The first-order valence-corrected chi connectivity index (χ1v) is 10.4. The molecule has 29 heavy (non-hydrogen) atoms. The van der Waals surface area contributed by atoms with E-state index in [9.17, 15) is 8.78 Å². The van der Waals surface area contributed by atoms with Crippen LogP contribution in [0.25, 0.3) is 5.65 Å². The van der Waals surface area contributed by atoms with E-state index in [-0.39, 0.29) is 0 Å². The zero-order valence-corrected chi connectivity index (χ0v) is 16.7. The first-order valence-electron chi connectivity index (χ1n) is 10.0. The molecule has 2 aliphatic rings. The van der Waals surface area contributed by atoms with Crippen LogP contribution in [0.1, 0.15) is 24.2 Å². The van der Waals surface area contributed by atoms with Gasteiger partial charge in [-0.2, -0.15) is 0 Å². The molecule has 2 aromatic heterocycles. The maximum absolute atomic E-state index is 13.9. The van der Waals surface area contributed by atoms with Gasteiger partial charge >= 0.3 is 0 Å². The molecule has 1 aromatic carbocycles. The molecule has 152 valence electrons. The number of nitrogens with zero attached hydrogens (tertiary/aromatic N) is 5. The molecule has 5 nitrogen and oxygen atoms in total. The number of halogens is 3. The Kier molecular flexibility index (Phi) is 4.87. The van der Waals surface area contributed by atoms with Crippen LogP contribution in [0.4, 0.5) is 14.5 Å². The highest BCUT2D eigenvalue weighted by molar-refractivity contribution is 6.36. The fraction of sp³-hybridized carbons (Fsp3) is 0.429. The van der Waals surface area contributed by atoms with E-state index in [0.717, 1.165) is 56.1 Å². The van der Waals surface area contributed by atoms with Crippen LogP contribution in [0.15, 0.2) is 30.5 Å². The van der Waals surface area contributed by atoms with Gasteiger partial charge in [0.15, 0.2) is 5.65 Å². The summed E-state index contributed by atoms with van der Waals surface area (Å²) in [6, 6.07) is 5.80. The molecule has 0 N–H and O–H groups in total. The minimum absolute atomic E-state index is 0.474. The molecule has 0 amide bonds. The molecule has 8 heteroatoms. The molecule has 0 spiro atoms. The van der Waals surface area contributed by atoms with Crippen molar-refractivity contribution < 1.29 is 8.78 Å². The van der Waals surface area contributed by atoms with Crippen LogP contribution >= 0.6 is 11.6 Å². The monoisotopic (exact) mass is 417 g/mol. The number of hydrogen-bond donors (Lipinski definition) is 0. The lowest BCUT2D eigenvalue weighted by molar-refractivity contribution is 0.246. The van der Waals surface area contributed by atoms with E-state index in [1.165, 1.54) is 25.0 Å². The molecule has 3 aromatic rings. The van der Waals surface area contributed by atoms with Gasteiger partial charge in [-0.05, 0) is 30.9 Å². The Morgan fingerprint density at radius 1 is 1.03 bits per heavy atom. The van der Waals surface area contributed by atoms with Crippen molar-refractivity contribution in [3.63, 3.8) is 0 Å². The summed E-state index contributed by atoms with van der Waals surface area (Å²) in [5.74, 6) is 0.673. The van der Waals surface area contributed by atoms with Gasteiger partial charge in [0.1, 0.15) is 22.5 Å². The zero-order valence-electron chi connectivity index (χ0n) is 16.0. The Balaban J connectivity index is 1.27. The Labute approximate surface area is 172 Å². The molecule has 1 saturated carbocycles. The predicted octanol–water partition coefficient (Wildman–Crippen LogP) is 3.94. The minimum atomic E-state index is -0.546. The van der Waals surface area contributed by atoms with E-state index in [2.05, 4.69) is 20.0 Å². The highest BCUT2D eigenvalue weighted by Gasteiger charge is 2.26. The van der Waals surface area contributed by atoms with Gasteiger partial charge in [0, 0.05) is 57.0 Å². The van der Waals surface area contributed by atoms with Gasteiger partial charge in [-0.25, -0.2) is 8.78 Å². The van der Waals surface area contributed by atoms with Gasteiger partial charge < -0.3 is 4.90 Å². The van der Waals surface area contributed by atoms with Crippen LogP contribution < -0.4 is 4.90 Å². The molecule has 0 unspecified atom stereocenters. The first-order chi connectivity index (χ1) is 14.1. The van der Waals surface area contributed by atoms with Crippen molar-refractivity contribution in [1.29, 1.82) is 0 Å². The average Bonchev–Trinajstić information content (AvgIpc) is 3.44. The van der Waals surface area contributed by atoms with Gasteiger partial charge in [-0.1, -0.05) is 17.7 Å². The summed E-state index contributed by atoms with van der Waals surface area (Å²) in [4.78, 5) is 4.40. The summed E-state index contributed by atoms with van der Waals surface area (Å²) >= 11 is 6.68. The van der Waals surface area contributed by atoms with E-state index in [1.807, 2.05) is 16.7 Å². The molecule has 1 aliphatic heterocycles. The Morgan fingerprint density at radius 3 is 2.55 bits per heavy atom.